The van der Waals surface area contributed by atoms with Crippen LogP contribution in [0.25, 0.3) is 0 Å². The van der Waals surface area contributed by atoms with Crippen LogP contribution in [0.2, 0.25) is 0 Å². The predicted molar refractivity (Wildman–Crippen MR) is 65.8 cm³/mol. The van der Waals surface area contributed by atoms with E-state index >= 15 is 0 Å². The largest absolute Gasteiger partial charge is 0.367 e. The number of hydrogen-bond donors (Lipinski definition) is 1. The van der Waals surface area contributed by atoms with Crippen LogP contribution in [0.4, 0.5) is 5.13 Å². The second-order valence-electron chi connectivity index (χ2n) is 4.16. The molecule has 1 N–H and O–H groups in total. The maximum Gasteiger partial charge on any atom is 0.202 e. The van der Waals surface area contributed by atoms with Crippen LogP contribution in [0, 0.1) is 0 Å². The molecule has 0 radical (unpaired) electrons. The van der Waals surface area contributed by atoms with Gasteiger partial charge in [-0.15, -0.1) is 0 Å². The number of hydrogen-bond acceptors (Lipinski definition) is 5. The molecule has 0 saturated heterocycles. The Morgan fingerprint density at radius 2 is 2.12 bits per heavy atom. The van der Waals surface area contributed by atoms with Gasteiger partial charge >= 0.3 is 0 Å². The molecule has 1 aliphatic carbocycles. The smallest absolute Gasteiger partial charge is 0.202 e. The molecular formula is C11H19N3OS. The number of nitrogens with zero attached hydrogens (tertiary/aromatic N) is 2. The van der Waals surface area contributed by atoms with E-state index in [0.717, 1.165) is 30.4 Å². The van der Waals surface area contributed by atoms with Crippen molar-refractivity contribution >= 4 is 16.7 Å². The summed E-state index contributed by atoms with van der Waals surface area (Å²) >= 11 is 1.42. The van der Waals surface area contributed by atoms with Crippen molar-refractivity contribution in [2.24, 2.45) is 0 Å². The summed E-state index contributed by atoms with van der Waals surface area (Å²) in [7, 11) is 1.87. The molecular weight excluding hydrogens is 222 g/mol. The van der Waals surface area contributed by atoms with E-state index in [9.17, 15) is 0 Å². The van der Waals surface area contributed by atoms with Gasteiger partial charge in [0.05, 0.1) is 0 Å². The lowest BCUT2D eigenvalue weighted by Gasteiger charge is -2.34. The first kappa shape index (κ1) is 11.8. The van der Waals surface area contributed by atoms with Crippen molar-refractivity contribution in [3.05, 3.63) is 5.82 Å². The van der Waals surface area contributed by atoms with Crippen molar-refractivity contribution in [1.29, 1.82) is 0 Å². The topological polar surface area (TPSA) is 47.0 Å². The molecule has 0 aliphatic heterocycles. The van der Waals surface area contributed by atoms with E-state index in [1.807, 2.05) is 14.0 Å². The SMILES string of the molecule is CCOC1(c2nsc(NC)n2)CCCCC1. The highest BCUT2D eigenvalue weighted by molar-refractivity contribution is 7.09. The lowest BCUT2D eigenvalue weighted by atomic mass is 9.84. The highest BCUT2D eigenvalue weighted by Gasteiger charge is 2.38. The van der Waals surface area contributed by atoms with Gasteiger partial charge in [0.1, 0.15) is 5.60 Å². The third kappa shape index (κ3) is 2.20. The molecule has 2 rings (SSSR count). The second-order valence-corrected chi connectivity index (χ2v) is 4.91. The number of aromatic nitrogens is 2. The van der Waals surface area contributed by atoms with Crippen LogP contribution in [0.3, 0.4) is 0 Å². The molecule has 4 nitrogen and oxygen atoms in total. The second kappa shape index (κ2) is 5.10. The van der Waals surface area contributed by atoms with E-state index < -0.39 is 0 Å². The predicted octanol–water partition coefficient (Wildman–Crippen LogP) is 2.78. The molecule has 0 spiro atoms. The van der Waals surface area contributed by atoms with Crippen LogP contribution >= 0.6 is 11.5 Å². The summed E-state index contributed by atoms with van der Waals surface area (Å²) in [6.07, 6.45) is 5.85. The third-order valence-electron chi connectivity index (χ3n) is 3.13. The normalized spacial score (nSPS) is 19.6. The summed E-state index contributed by atoms with van der Waals surface area (Å²) in [5.74, 6) is 0.878. The van der Waals surface area contributed by atoms with E-state index in [0.29, 0.717) is 0 Å². The zero-order valence-electron chi connectivity index (χ0n) is 9.95. The van der Waals surface area contributed by atoms with Gasteiger partial charge in [-0.3, -0.25) is 0 Å². The van der Waals surface area contributed by atoms with Crippen LogP contribution in [-0.4, -0.2) is 23.0 Å². The van der Waals surface area contributed by atoms with E-state index in [4.69, 9.17) is 4.74 Å². The summed E-state index contributed by atoms with van der Waals surface area (Å²) in [4.78, 5) is 4.51. The van der Waals surface area contributed by atoms with Gasteiger partial charge in [-0.05, 0) is 19.8 Å². The average molecular weight is 241 g/mol. The number of rotatable bonds is 4. The van der Waals surface area contributed by atoms with E-state index in [-0.39, 0.29) is 5.60 Å². The summed E-state index contributed by atoms with van der Waals surface area (Å²) in [5, 5.41) is 3.91. The molecule has 0 unspecified atom stereocenters. The fraction of sp³-hybridized carbons (Fsp3) is 0.818. The van der Waals surface area contributed by atoms with E-state index in [2.05, 4.69) is 14.7 Å². The average Bonchev–Trinajstić information content (AvgIpc) is 2.80. The number of nitrogens with one attached hydrogen (secondary N) is 1. The van der Waals surface area contributed by atoms with Gasteiger partial charge in [0.2, 0.25) is 5.13 Å². The minimum Gasteiger partial charge on any atom is -0.367 e. The fourth-order valence-corrected chi connectivity index (χ4v) is 2.94. The molecule has 1 fully saturated rings. The molecule has 1 aromatic heterocycles. The molecule has 1 saturated carbocycles. The summed E-state index contributed by atoms with van der Waals surface area (Å²) in [6.45, 7) is 2.77. The highest BCUT2D eigenvalue weighted by Crippen LogP contribution is 2.39. The van der Waals surface area contributed by atoms with Crippen LogP contribution in [0.5, 0.6) is 0 Å². The molecule has 1 heterocycles. The summed E-state index contributed by atoms with van der Waals surface area (Å²) in [6, 6.07) is 0. The Bertz CT molecular complexity index is 328. The summed E-state index contributed by atoms with van der Waals surface area (Å²) in [5.41, 5.74) is -0.210. The minimum atomic E-state index is -0.210. The van der Waals surface area contributed by atoms with Gasteiger partial charge in [0.15, 0.2) is 5.82 Å². The summed E-state index contributed by atoms with van der Waals surface area (Å²) < 4.78 is 10.4. The first-order chi connectivity index (χ1) is 7.80. The maximum absolute atomic E-state index is 5.97. The Morgan fingerprint density at radius 1 is 1.38 bits per heavy atom. The van der Waals surface area contributed by atoms with Crippen molar-refractivity contribution in [2.45, 2.75) is 44.6 Å². The highest BCUT2D eigenvalue weighted by atomic mass is 32.1. The first-order valence-corrected chi connectivity index (χ1v) is 6.74. The van der Waals surface area contributed by atoms with Crippen LogP contribution < -0.4 is 5.32 Å². The van der Waals surface area contributed by atoms with Gasteiger partial charge in [-0.25, -0.2) is 4.98 Å². The van der Waals surface area contributed by atoms with Crippen molar-refractivity contribution in [3.63, 3.8) is 0 Å². The monoisotopic (exact) mass is 241 g/mol. The molecule has 5 heteroatoms. The van der Waals surface area contributed by atoms with Gasteiger partial charge in [-0.2, -0.15) is 4.37 Å². The van der Waals surface area contributed by atoms with Gasteiger partial charge in [0, 0.05) is 25.2 Å². The molecule has 0 atom stereocenters. The van der Waals surface area contributed by atoms with Crippen LogP contribution in [0.15, 0.2) is 0 Å². The van der Waals surface area contributed by atoms with Crippen molar-refractivity contribution < 1.29 is 4.74 Å². The molecule has 16 heavy (non-hydrogen) atoms. The molecule has 0 aromatic carbocycles. The molecule has 90 valence electrons. The zero-order chi connectivity index (χ0) is 11.4. The van der Waals surface area contributed by atoms with Gasteiger partial charge in [-0.1, -0.05) is 19.3 Å². The zero-order valence-corrected chi connectivity index (χ0v) is 10.8. The van der Waals surface area contributed by atoms with Crippen molar-refractivity contribution in [2.75, 3.05) is 19.0 Å². The molecule has 1 aliphatic rings. The van der Waals surface area contributed by atoms with E-state index in [1.54, 1.807) is 0 Å². The fourth-order valence-electron chi connectivity index (χ4n) is 2.34. The lowest BCUT2D eigenvalue weighted by molar-refractivity contribution is -0.0758. The quantitative estimate of drug-likeness (QED) is 0.880. The van der Waals surface area contributed by atoms with Crippen LogP contribution in [-0.2, 0) is 10.3 Å². The van der Waals surface area contributed by atoms with Crippen LogP contribution in [0.1, 0.15) is 44.9 Å². The minimum absolute atomic E-state index is 0.210. The molecule has 1 aromatic rings. The number of ether oxygens (including phenoxy) is 1. The lowest BCUT2D eigenvalue weighted by Crippen LogP contribution is -2.33. The maximum atomic E-state index is 5.97. The number of anilines is 1. The first-order valence-electron chi connectivity index (χ1n) is 5.96. The molecule has 0 bridgehead atoms. The molecule has 0 amide bonds. The Morgan fingerprint density at radius 3 is 2.69 bits per heavy atom. The van der Waals surface area contributed by atoms with Gasteiger partial charge < -0.3 is 10.1 Å². The standard InChI is InChI=1S/C11H19N3OS/c1-3-15-11(7-5-4-6-8-11)9-13-10(12-2)16-14-9/h3-8H2,1-2H3,(H,12,13,14). The third-order valence-corrected chi connectivity index (χ3v) is 3.86. The Hall–Kier alpha value is -0.680. The van der Waals surface area contributed by atoms with Crippen molar-refractivity contribution in [1.82, 2.24) is 9.36 Å². The Labute approximate surface area is 101 Å². The Balaban J connectivity index is 2.23. The van der Waals surface area contributed by atoms with E-state index in [1.165, 1.54) is 30.8 Å². The van der Waals surface area contributed by atoms with Crippen molar-refractivity contribution in [3.8, 4) is 0 Å². The van der Waals surface area contributed by atoms with Gasteiger partial charge in [0.25, 0.3) is 0 Å². The Kier molecular flexibility index (Phi) is 3.76.